The first kappa shape index (κ1) is 13.8. The quantitative estimate of drug-likeness (QED) is 0.833. The third-order valence-electron chi connectivity index (χ3n) is 3.63. The van der Waals surface area contributed by atoms with Crippen molar-refractivity contribution in [2.45, 2.75) is 39.0 Å². The molecule has 0 unspecified atom stereocenters. The first-order chi connectivity index (χ1) is 9.20. The van der Waals surface area contributed by atoms with Crippen molar-refractivity contribution in [2.24, 2.45) is 0 Å². The molecule has 1 aromatic carbocycles. The van der Waals surface area contributed by atoms with Crippen LogP contribution in [0, 0.1) is 0 Å². The molecule has 0 saturated carbocycles. The van der Waals surface area contributed by atoms with Crippen molar-refractivity contribution in [3.05, 3.63) is 35.4 Å². The fourth-order valence-corrected chi connectivity index (χ4v) is 2.34. The Hall–Kier alpha value is -1.64. The minimum Gasteiger partial charge on any atom is -0.338 e. The van der Waals surface area contributed by atoms with Gasteiger partial charge in [-0.15, -0.1) is 0 Å². The minimum absolute atomic E-state index is 0.0505. The van der Waals surface area contributed by atoms with Crippen molar-refractivity contribution >= 4 is 11.7 Å². The van der Waals surface area contributed by atoms with Gasteiger partial charge in [-0.2, -0.15) is 0 Å². The summed E-state index contributed by atoms with van der Waals surface area (Å²) >= 11 is 0. The standard InChI is InChI=1S/C16H21NO2/c1-2-3-4-13-5-7-14(8-6-13)16(19)17-11-9-15(18)10-12-17/h5-8H,2-4,9-12H2,1H3. The van der Waals surface area contributed by atoms with E-state index in [-0.39, 0.29) is 11.7 Å². The van der Waals surface area contributed by atoms with Crippen molar-refractivity contribution in [3.63, 3.8) is 0 Å². The molecule has 102 valence electrons. The van der Waals surface area contributed by atoms with Crippen LogP contribution in [0.1, 0.15) is 48.5 Å². The lowest BCUT2D eigenvalue weighted by Gasteiger charge is -2.26. The smallest absolute Gasteiger partial charge is 0.253 e. The summed E-state index contributed by atoms with van der Waals surface area (Å²) < 4.78 is 0. The minimum atomic E-state index is 0.0505. The van der Waals surface area contributed by atoms with Gasteiger partial charge in [0.1, 0.15) is 5.78 Å². The van der Waals surface area contributed by atoms with Crippen LogP contribution in [0.5, 0.6) is 0 Å². The van der Waals surface area contributed by atoms with E-state index in [0.29, 0.717) is 25.9 Å². The van der Waals surface area contributed by atoms with E-state index in [2.05, 4.69) is 6.92 Å². The molecule has 0 bridgehead atoms. The van der Waals surface area contributed by atoms with Gasteiger partial charge < -0.3 is 4.90 Å². The fourth-order valence-electron chi connectivity index (χ4n) is 2.34. The molecule has 1 heterocycles. The lowest BCUT2D eigenvalue weighted by molar-refractivity contribution is -0.120. The maximum Gasteiger partial charge on any atom is 0.253 e. The van der Waals surface area contributed by atoms with E-state index in [9.17, 15) is 9.59 Å². The number of nitrogens with zero attached hydrogens (tertiary/aromatic N) is 1. The normalized spacial score (nSPS) is 15.6. The van der Waals surface area contributed by atoms with Gasteiger partial charge in [-0.3, -0.25) is 9.59 Å². The molecule has 19 heavy (non-hydrogen) atoms. The van der Waals surface area contributed by atoms with E-state index in [1.165, 1.54) is 18.4 Å². The molecule has 0 aliphatic carbocycles. The number of carbonyl (C=O) groups excluding carboxylic acids is 2. The Morgan fingerprint density at radius 1 is 1.16 bits per heavy atom. The molecule has 1 aliphatic rings. The Morgan fingerprint density at radius 2 is 1.79 bits per heavy atom. The highest BCUT2D eigenvalue weighted by Crippen LogP contribution is 2.13. The van der Waals surface area contributed by atoms with Crippen LogP contribution in [-0.2, 0) is 11.2 Å². The van der Waals surface area contributed by atoms with Gasteiger partial charge >= 0.3 is 0 Å². The Balaban J connectivity index is 1.97. The average molecular weight is 259 g/mol. The summed E-state index contributed by atoms with van der Waals surface area (Å²) in [7, 11) is 0. The number of likely N-dealkylation sites (tertiary alicyclic amines) is 1. The SMILES string of the molecule is CCCCc1ccc(C(=O)N2CCC(=O)CC2)cc1. The van der Waals surface area contributed by atoms with Crippen LogP contribution in [0.3, 0.4) is 0 Å². The number of unbranched alkanes of at least 4 members (excludes halogenated alkanes) is 1. The molecule has 3 nitrogen and oxygen atoms in total. The first-order valence-corrected chi connectivity index (χ1v) is 7.10. The van der Waals surface area contributed by atoms with Crippen LogP contribution >= 0.6 is 0 Å². The Labute approximate surface area is 114 Å². The highest BCUT2D eigenvalue weighted by Gasteiger charge is 2.21. The molecule has 1 saturated heterocycles. The van der Waals surface area contributed by atoms with Crippen molar-refractivity contribution < 1.29 is 9.59 Å². The maximum atomic E-state index is 12.2. The second kappa shape index (κ2) is 6.50. The van der Waals surface area contributed by atoms with Crippen LogP contribution in [0.15, 0.2) is 24.3 Å². The van der Waals surface area contributed by atoms with Crippen molar-refractivity contribution in [2.75, 3.05) is 13.1 Å². The van der Waals surface area contributed by atoms with E-state index in [0.717, 1.165) is 12.0 Å². The largest absolute Gasteiger partial charge is 0.338 e. The molecule has 1 aromatic rings. The molecular weight excluding hydrogens is 238 g/mol. The zero-order valence-corrected chi connectivity index (χ0v) is 11.5. The Kier molecular flexibility index (Phi) is 4.72. The lowest BCUT2D eigenvalue weighted by Crippen LogP contribution is -2.38. The number of piperidine rings is 1. The summed E-state index contributed by atoms with van der Waals surface area (Å²) in [6.07, 6.45) is 4.44. The third-order valence-corrected chi connectivity index (χ3v) is 3.63. The van der Waals surface area contributed by atoms with E-state index in [4.69, 9.17) is 0 Å². The van der Waals surface area contributed by atoms with Crippen LogP contribution < -0.4 is 0 Å². The monoisotopic (exact) mass is 259 g/mol. The molecule has 0 radical (unpaired) electrons. The summed E-state index contributed by atoms with van der Waals surface area (Å²) in [5.74, 6) is 0.313. The van der Waals surface area contributed by atoms with E-state index < -0.39 is 0 Å². The lowest BCUT2D eigenvalue weighted by atomic mass is 10.0. The number of hydrogen-bond acceptors (Lipinski definition) is 2. The Bertz CT molecular complexity index is 440. The third kappa shape index (κ3) is 3.66. The number of aryl methyl sites for hydroxylation is 1. The summed E-state index contributed by atoms with van der Waals surface area (Å²) in [5, 5.41) is 0. The number of amides is 1. The van der Waals surface area contributed by atoms with Gasteiger partial charge in [0, 0.05) is 31.5 Å². The predicted molar refractivity (Wildman–Crippen MR) is 75.2 cm³/mol. The van der Waals surface area contributed by atoms with Gasteiger partial charge in [-0.05, 0) is 30.5 Å². The van der Waals surface area contributed by atoms with E-state index in [1.807, 2.05) is 24.3 Å². The summed E-state index contributed by atoms with van der Waals surface area (Å²) in [6.45, 7) is 3.31. The summed E-state index contributed by atoms with van der Waals surface area (Å²) in [6, 6.07) is 7.89. The van der Waals surface area contributed by atoms with Crippen LogP contribution in [-0.4, -0.2) is 29.7 Å². The number of benzene rings is 1. The summed E-state index contributed by atoms with van der Waals surface area (Å²) in [4.78, 5) is 25.2. The van der Waals surface area contributed by atoms with Gasteiger partial charge in [-0.1, -0.05) is 25.5 Å². The zero-order chi connectivity index (χ0) is 13.7. The molecular formula is C16H21NO2. The van der Waals surface area contributed by atoms with Gasteiger partial charge in [0.2, 0.25) is 0 Å². The fraction of sp³-hybridized carbons (Fsp3) is 0.500. The molecule has 1 fully saturated rings. The highest BCUT2D eigenvalue weighted by atomic mass is 16.2. The topological polar surface area (TPSA) is 37.4 Å². The molecule has 0 N–H and O–H groups in total. The highest BCUT2D eigenvalue weighted by molar-refractivity contribution is 5.95. The molecule has 2 rings (SSSR count). The molecule has 1 aliphatic heterocycles. The maximum absolute atomic E-state index is 12.2. The second-order valence-electron chi connectivity index (χ2n) is 5.13. The molecule has 1 amide bonds. The first-order valence-electron chi connectivity index (χ1n) is 7.10. The van der Waals surface area contributed by atoms with Crippen molar-refractivity contribution in [3.8, 4) is 0 Å². The Morgan fingerprint density at radius 3 is 2.37 bits per heavy atom. The predicted octanol–water partition coefficient (Wildman–Crippen LogP) is 2.83. The average Bonchev–Trinajstić information content (AvgIpc) is 2.46. The van der Waals surface area contributed by atoms with Gasteiger partial charge in [0.25, 0.3) is 5.91 Å². The molecule has 0 atom stereocenters. The second-order valence-corrected chi connectivity index (χ2v) is 5.13. The number of hydrogen-bond donors (Lipinski definition) is 0. The van der Waals surface area contributed by atoms with Crippen molar-refractivity contribution in [1.82, 2.24) is 4.90 Å². The van der Waals surface area contributed by atoms with Crippen molar-refractivity contribution in [1.29, 1.82) is 0 Å². The number of ketones is 1. The molecule has 3 heteroatoms. The van der Waals surface area contributed by atoms with Crippen LogP contribution in [0.2, 0.25) is 0 Å². The summed E-state index contributed by atoms with van der Waals surface area (Å²) in [5.41, 5.74) is 2.02. The molecule has 0 spiro atoms. The zero-order valence-electron chi connectivity index (χ0n) is 11.5. The number of Topliss-reactive ketones (excluding diaryl/α,β-unsaturated/α-hetero) is 1. The number of carbonyl (C=O) groups is 2. The van der Waals surface area contributed by atoms with Crippen LogP contribution in [0.25, 0.3) is 0 Å². The van der Waals surface area contributed by atoms with Gasteiger partial charge in [0.05, 0.1) is 0 Å². The van der Waals surface area contributed by atoms with Gasteiger partial charge in [0.15, 0.2) is 0 Å². The number of rotatable bonds is 4. The molecule has 0 aromatic heterocycles. The van der Waals surface area contributed by atoms with E-state index in [1.54, 1.807) is 4.90 Å². The van der Waals surface area contributed by atoms with Gasteiger partial charge in [-0.25, -0.2) is 0 Å². The van der Waals surface area contributed by atoms with E-state index >= 15 is 0 Å². The van der Waals surface area contributed by atoms with Crippen LogP contribution in [0.4, 0.5) is 0 Å².